The summed E-state index contributed by atoms with van der Waals surface area (Å²) in [5.74, 6) is 0. The van der Waals surface area contributed by atoms with Crippen molar-refractivity contribution in [2.24, 2.45) is 4.99 Å². The number of aliphatic imine (C=N–C) groups is 1. The molecule has 0 amide bonds. The van der Waals surface area contributed by atoms with Gasteiger partial charge >= 0.3 is 0 Å². The molecule has 0 saturated heterocycles. The fourth-order valence-electron chi connectivity index (χ4n) is 4.06. The Hall–Kier alpha value is -4.17. The zero-order valence-electron chi connectivity index (χ0n) is 22.7. The van der Waals surface area contributed by atoms with Crippen LogP contribution in [0.3, 0.4) is 0 Å². The molecule has 0 radical (unpaired) electrons. The van der Waals surface area contributed by atoms with Gasteiger partial charge in [-0.05, 0) is 64.6 Å². The van der Waals surface area contributed by atoms with E-state index in [0.29, 0.717) is 0 Å². The Morgan fingerprint density at radius 1 is 0.703 bits per heavy atom. The summed E-state index contributed by atoms with van der Waals surface area (Å²) >= 11 is 0. The van der Waals surface area contributed by atoms with E-state index in [1.165, 1.54) is 39.1 Å². The van der Waals surface area contributed by atoms with E-state index in [0.717, 1.165) is 12.3 Å². The number of allylic oxidation sites excluding steroid dienone is 9. The van der Waals surface area contributed by atoms with Crippen molar-refractivity contribution >= 4 is 22.5 Å². The number of hydrogen-bond donors (Lipinski definition) is 0. The lowest BCUT2D eigenvalue weighted by atomic mass is 9.94. The first kappa shape index (κ1) is 27.4. The van der Waals surface area contributed by atoms with Gasteiger partial charge in [0.05, 0.1) is 5.71 Å². The van der Waals surface area contributed by atoms with Crippen LogP contribution in [-0.2, 0) is 0 Å². The van der Waals surface area contributed by atoms with Crippen molar-refractivity contribution in [2.75, 3.05) is 25.5 Å². The summed E-state index contributed by atoms with van der Waals surface area (Å²) in [6, 6.07) is 29.8. The second-order valence-electron chi connectivity index (χ2n) is 8.55. The van der Waals surface area contributed by atoms with Crippen LogP contribution in [0, 0.1) is 0 Å². The van der Waals surface area contributed by atoms with Gasteiger partial charge < -0.3 is 4.90 Å². The second kappa shape index (κ2) is 14.4. The first-order valence-corrected chi connectivity index (χ1v) is 13.1. The van der Waals surface area contributed by atoms with Crippen molar-refractivity contribution in [3.8, 4) is 0 Å². The molecule has 0 atom stereocenters. The highest BCUT2D eigenvalue weighted by Crippen LogP contribution is 2.27. The SMILES string of the molecule is CC.CCN=C1C=CC(=C(C=CC=C(c2ccccc2)c2ccc(N(C)C)cc2)c2ccccc2)C=C1. The van der Waals surface area contributed by atoms with Crippen LogP contribution in [0.25, 0.3) is 11.1 Å². The number of benzene rings is 3. The summed E-state index contributed by atoms with van der Waals surface area (Å²) in [7, 11) is 4.13. The van der Waals surface area contributed by atoms with Crippen LogP contribution in [0.1, 0.15) is 37.5 Å². The van der Waals surface area contributed by atoms with Gasteiger partial charge in [-0.15, -0.1) is 0 Å². The third kappa shape index (κ3) is 7.65. The van der Waals surface area contributed by atoms with Crippen LogP contribution in [0.4, 0.5) is 5.69 Å². The number of nitrogens with zero attached hydrogens (tertiary/aromatic N) is 2. The lowest BCUT2D eigenvalue weighted by Gasteiger charge is -2.14. The molecule has 2 heteroatoms. The van der Waals surface area contributed by atoms with Gasteiger partial charge in [0, 0.05) is 26.3 Å². The van der Waals surface area contributed by atoms with Crippen LogP contribution in [0.2, 0.25) is 0 Å². The van der Waals surface area contributed by atoms with Gasteiger partial charge in [0.15, 0.2) is 0 Å². The molecule has 0 fully saturated rings. The van der Waals surface area contributed by atoms with E-state index in [1.54, 1.807) is 0 Å². The summed E-state index contributed by atoms with van der Waals surface area (Å²) in [6.45, 7) is 6.85. The van der Waals surface area contributed by atoms with Crippen LogP contribution in [0.15, 0.2) is 138 Å². The van der Waals surface area contributed by atoms with Gasteiger partial charge in [0.25, 0.3) is 0 Å². The minimum atomic E-state index is 0.789. The fraction of sp³-hybridized carbons (Fsp3) is 0.171. The van der Waals surface area contributed by atoms with Crippen molar-refractivity contribution in [1.29, 1.82) is 0 Å². The van der Waals surface area contributed by atoms with E-state index in [1.807, 2.05) is 13.8 Å². The van der Waals surface area contributed by atoms with Crippen LogP contribution < -0.4 is 4.90 Å². The van der Waals surface area contributed by atoms with E-state index in [2.05, 4.69) is 158 Å². The van der Waals surface area contributed by atoms with Crippen molar-refractivity contribution in [2.45, 2.75) is 20.8 Å². The van der Waals surface area contributed by atoms with E-state index in [9.17, 15) is 0 Å². The molecule has 188 valence electrons. The van der Waals surface area contributed by atoms with Crippen LogP contribution in [-0.4, -0.2) is 26.4 Å². The highest BCUT2D eigenvalue weighted by atomic mass is 15.1. The van der Waals surface area contributed by atoms with Crippen molar-refractivity contribution < 1.29 is 0 Å². The molecule has 0 saturated carbocycles. The normalized spacial score (nSPS) is 12.8. The van der Waals surface area contributed by atoms with Crippen molar-refractivity contribution in [1.82, 2.24) is 0 Å². The van der Waals surface area contributed by atoms with Crippen molar-refractivity contribution in [3.63, 3.8) is 0 Å². The molecule has 3 aromatic carbocycles. The van der Waals surface area contributed by atoms with Gasteiger partial charge in [-0.25, -0.2) is 0 Å². The maximum Gasteiger partial charge on any atom is 0.0574 e. The van der Waals surface area contributed by atoms with Crippen molar-refractivity contribution in [3.05, 3.63) is 150 Å². The molecule has 0 N–H and O–H groups in total. The van der Waals surface area contributed by atoms with Gasteiger partial charge in [-0.1, -0.05) is 117 Å². The predicted octanol–water partition coefficient (Wildman–Crippen LogP) is 8.81. The Morgan fingerprint density at radius 2 is 1.24 bits per heavy atom. The molecular formula is C35H38N2. The molecule has 3 aromatic rings. The van der Waals surface area contributed by atoms with Gasteiger partial charge in [0.1, 0.15) is 0 Å². The van der Waals surface area contributed by atoms with Crippen LogP contribution in [0.5, 0.6) is 0 Å². The molecule has 1 aliphatic carbocycles. The smallest absolute Gasteiger partial charge is 0.0574 e. The average molecular weight is 487 g/mol. The molecule has 0 unspecified atom stereocenters. The molecular weight excluding hydrogens is 448 g/mol. The Labute approximate surface area is 223 Å². The lowest BCUT2D eigenvalue weighted by molar-refractivity contribution is 1.13. The van der Waals surface area contributed by atoms with E-state index in [4.69, 9.17) is 0 Å². The first-order chi connectivity index (χ1) is 18.2. The summed E-state index contributed by atoms with van der Waals surface area (Å²) in [5, 5.41) is 0. The summed E-state index contributed by atoms with van der Waals surface area (Å²) in [4.78, 5) is 6.63. The third-order valence-electron chi connectivity index (χ3n) is 5.91. The summed E-state index contributed by atoms with van der Waals surface area (Å²) in [5.41, 5.74) is 9.33. The molecule has 37 heavy (non-hydrogen) atoms. The molecule has 4 rings (SSSR count). The van der Waals surface area contributed by atoms with Gasteiger partial charge in [-0.2, -0.15) is 0 Å². The highest BCUT2D eigenvalue weighted by Gasteiger charge is 2.07. The van der Waals surface area contributed by atoms with Gasteiger partial charge in [-0.3, -0.25) is 4.99 Å². The number of hydrogen-bond acceptors (Lipinski definition) is 2. The Morgan fingerprint density at radius 3 is 1.78 bits per heavy atom. The monoisotopic (exact) mass is 486 g/mol. The number of rotatable bonds is 7. The maximum absolute atomic E-state index is 4.51. The van der Waals surface area contributed by atoms with Crippen LogP contribution >= 0.6 is 0 Å². The minimum Gasteiger partial charge on any atom is -0.378 e. The second-order valence-corrected chi connectivity index (χ2v) is 8.55. The topological polar surface area (TPSA) is 15.6 Å². The zero-order valence-corrected chi connectivity index (χ0v) is 22.7. The fourth-order valence-corrected chi connectivity index (χ4v) is 4.06. The molecule has 2 nitrogen and oxygen atoms in total. The molecule has 0 bridgehead atoms. The maximum atomic E-state index is 4.51. The Bertz CT molecular complexity index is 1280. The standard InChI is InChI=1S/C33H32N2.C2H6/c1-4-34-30-22-18-28(19-23-30)32(26-12-7-5-8-13-26)16-11-17-33(27-14-9-6-10-15-27)29-20-24-31(25-21-29)35(2)3;1-2/h5-25H,4H2,1-3H3;1-2H3. The molecule has 0 heterocycles. The van der Waals surface area contributed by atoms with E-state index < -0.39 is 0 Å². The third-order valence-corrected chi connectivity index (χ3v) is 5.91. The zero-order chi connectivity index (χ0) is 26.5. The largest absolute Gasteiger partial charge is 0.378 e. The molecule has 0 aliphatic heterocycles. The highest BCUT2D eigenvalue weighted by molar-refractivity contribution is 6.07. The first-order valence-electron chi connectivity index (χ1n) is 13.1. The van der Waals surface area contributed by atoms with E-state index in [-0.39, 0.29) is 0 Å². The quantitative estimate of drug-likeness (QED) is 0.305. The average Bonchev–Trinajstić information content (AvgIpc) is 2.96. The Kier molecular flexibility index (Phi) is 10.7. The number of anilines is 1. The summed E-state index contributed by atoms with van der Waals surface area (Å²) < 4.78 is 0. The molecule has 0 spiro atoms. The van der Waals surface area contributed by atoms with Gasteiger partial charge in [0.2, 0.25) is 0 Å². The van der Waals surface area contributed by atoms with E-state index >= 15 is 0 Å². The predicted molar refractivity (Wildman–Crippen MR) is 164 cm³/mol. The minimum absolute atomic E-state index is 0.789. The molecule has 1 aliphatic rings. The summed E-state index contributed by atoms with van der Waals surface area (Å²) in [6.07, 6.45) is 15.1. The lowest BCUT2D eigenvalue weighted by Crippen LogP contribution is -2.08. The Balaban J connectivity index is 0.00000186. The molecule has 0 aromatic heterocycles.